The van der Waals surface area contributed by atoms with E-state index in [1.165, 1.54) is 0 Å². The third-order valence-corrected chi connectivity index (χ3v) is 1.29. The molecule has 0 saturated heterocycles. The van der Waals surface area contributed by atoms with Crippen LogP contribution >= 0.6 is 0 Å². The number of hydrogen-bond donors (Lipinski definition) is 1. The second kappa shape index (κ2) is 9.88. The molecule has 0 amide bonds. The summed E-state index contributed by atoms with van der Waals surface area (Å²) in [5.41, 5.74) is 0. The Morgan fingerprint density at radius 3 is 2.23 bits per heavy atom. The molecule has 1 atom stereocenters. The van der Waals surface area contributed by atoms with Crippen LogP contribution in [0.2, 0.25) is 0 Å². The maximum atomic E-state index is 9.13. The predicted octanol–water partition coefficient (Wildman–Crippen LogP) is -0.369. The van der Waals surface area contributed by atoms with Crippen LogP contribution < -0.4 is 0 Å². The summed E-state index contributed by atoms with van der Waals surface area (Å²) in [6.07, 6.45) is -0.882. The molecule has 5 heteroatoms. The van der Waals surface area contributed by atoms with E-state index in [1.807, 2.05) is 0 Å². The molecule has 0 aromatic rings. The molecule has 0 rings (SSSR count). The van der Waals surface area contributed by atoms with Crippen LogP contribution in [0.5, 0.6) is 0 Å². The van der Waals surface area contributed by atoms with Gasteiger partial charge in [-0.3, -0.25) is 0 Å². The Morgan fingerprint density at radius 1 is 1.00 bits per heavy atom. The predicted molar refractivity (Wildman–Crippen MR) is 46.5 cm³/mol. The van der Waals surface area contributed by atoms with Crippen LogP contribution in [-0.4, -0.2) is 58.7 Å². The van der Waals surface area contributed by atoms with Crippen LogP contribution in [0.3, 0.4) is 0 Å². The molecule has 0 aromatic heterocycles. The second-order valence-electron chi connectivity index (χ2n) is 2.39. The van der Waals surface area contributed by atoms with Crippen molar-refractivity contribution < 1.29 is 24.1 Å². The van der Waals surface area contributed by atoms with E-state index in [0.29, 0.717) is 26.4 Å². The summed E-state index contributed by atoms with van der Waals surface area (Å²) >= 11 is 0. The third-order valence-electron chi connectivity index (χ3n) is 1.29. The zero-order valence-electron chi connectivity index (χ0n) is 8.19. The molecule has 1 N–H and O–H groups in total. The number of methoxy groups -OCH3 is 2. The molecule has 80 valence electrons. The Kier molecular flexibility index (Phi) is 9.73. The van der Waals surface area contributed by atoms with E-state index in [0.717, 1.165) is 0 Å². The van der Waals surface area contributed by atoms with Gasteiger partial charge in [0.2, 0.25) is 0 Å². The Hall–Kier alpha value is -0.200. The van der Waals surface area contributed by atoms with E-state index >= 15 is 0 Å². The highest BCUT2D eigenvalue weighted by Gasteiger charge is 2.02. The van der Waals surface area contributed by atoms with Gasteiger partial charge in [-0.05, 0) is 0 Å². The highest BCUT2D eigenvalue weighted by Crippen LogP contribution is 1.88. The maximum Gasteiger partial charge on any atom is 0.178 e. The van der Waals surface area contributed by atoms with Crippen molar-refractivity contribution in [3.63, 3.8) is 0 Å². The van der Waals surface area contributed by atoms with Crippen molar-refractivity contribution in [3.8, 4) is 0 Å². The zero-order valence-corrected chi connectivity index (χ0v) is 8.19. The average Bonchev–Trinajstić information content (AvgIpc) is 2.13. The molecule has 13 heavy (non-hydrogen) atoms. The molecular formula is C8H18O5. The molecule has 0 spiro atoms. The largest absolute Gasteiger partial charge is 0.382 e. The fourth-order valence-corrected chi connectivity index (χ4v) is 0.642. The second-order valence-corrected chi connectivity index (χ2v) is 2.39. The van der Waals surface area contributed by atoms with Crippen molar-refractivity contribution in [1.82, 2.24) is 0 Å². The molecule has 0 aliphatic rings. The van der Waals surface area contributed by atoms with Crippen LogP contribution in [0.25, 0.3) is 0 Å². The molecule has 0 fully saturated rings. The molecule has 0 aromatic carbocycles. The van der Waals surface area contributed by atoms with E-state index < -0.39 is 6.29 Å². The standard InChI is InChI=1S/C8H18O5/c1-10-3-5-12-7-8(9)13-6-4-11-2/h8-9H,3-7H2,1-2H3. The van der Waals surface area contributed by atoms with Crippen molar-refractivity contribution in [2.24, 2.45) is 0 Å². The summed E-state index contributed by atoms with van der Waals surface area (Å²) in [7, 11) is 3.17. The molecule has 5 nitrogen and oxygen atoms in total. The molecular weight excluding hydrogens is 176 g/mol. The van der Waals surface area contributed by atoms with Gasteiger partial charge in [0.25, 0.3) is 0 Å². The van der Waals surface area contributed by atoms with E-state index in [-0.39, 0.29) is 6.61 Å². The van der Waals surface area contributed by atoms with Crippen LogP contribution in [0.4, 0.5) is 0 Å². The Bertz CT molecular complexity index is 98.5. The molecule has 0 aliphatic heterocycles. The van der Waals surface area contributed by atoms with Gasteiger partial charge in [-0.25, -0.2) is 0 Å². The molecule has 0 aliphatic carbocycles. The highest BCUT2D eigenvalue weighted by molar-refractivity contribution is 4.38. The Balaban J connectivity index is 3.05. The summed E-state index contributed by atoms with van der Waals surface area (Å²) in [5, 5.41) is 9.13. The molecule has 0 heterocycles. The number of aliphatic hydroxyl groups excluding tert-OH is 1. The van der Waals surface area contributed by atoms with Crippen LogP contribution in [0.1, 0.15) is 0 Å². The lowest BCUT2D eigenvalue weighted by atomic mass is 10.6. The highest BCUT2D eigenvalue weighted by atomic mass is 16.6. The first kappa shape index (κ1) is 12.8. The van der Waals surface area contributed by atoms with E-state index in [2.05, 4.69) is 0 Å². The SMILES string of the molecule is COCCOCC(O)OCCOC. The zero-order chi connectivity index (χ0) is 9.94. The quantitative estimate of drug-likeness (QED) is 0.401. The molecule has 0 bridgehead atoms. The minimum absolute atomic E-state index is 0.160. The van der Waals surface area contributed by atoms with Gasteiger partial charge in [0.1, 0.15) is 0 Å². The lowest BCUT2D eigenvalue weighted by Gasteiger charge is -2.11. The Morgan fingerprint density at radius 2 is 1.62 bits per heavy atom. The average molecular weight is 194 g/mol. The van der Waals surface area contributed by atoms with Gasteiger partial charge < -0.3 is 24.1 Å². The van der Waals surface area contributed by atoms with Crippen molar-refractivity contribution in [2.45, 2.75) is 6.29 Å². The number of ether oxygens (including phenoxy) is 4. The Labute approximate surface area is 78.5 Å². The van der Waals surface area contributed by atoms with Gasteiger partial charge in [-0.2, -0.15) is 0 Å². The monoisotopic (exact) mass is 194 g/mol. The van der Waals surface area contributed by atoms with Gasteiger partial charge in [0, 0.05) is 14.2 Å². The summed E-state index contributed by atoms with van der Waals surface area (Å²) in [6, 6.07) is 0. The van der Waals surface area contributed by atoms with Crippen molar-refractivity contribution in [2.75, 3.05) is 47.3 Å². The van der Waals surface area contributed by atoms with Crippen LogP contribution in [-0.2, 0) is 18.9 Å². The van der Waals surface area contributed by atoms with Crippen LogP contribution in [0.15, 0.2) is 0 Å². The molecule has 0 saturated carbocycles. The van der Waals surface area contributed by atoms with Gasteiger partial charge in [-0.15, -0.1) is 0 Å². The van der Waals surface area contributed by atoms with E-state index in [1.54, 1.807) is 14.2 Å². The lowest BCUT2D eigenvalue weighted by molar-refractivity contribution is -0.146. The number of hydrogen-bond acceptors (Lipinski definition) is 5. The van der Waals surface area contributed by atoms with Crippen molar-refractivity contribution in [1.29, 1.82) is 0 Å². The van der Waals surface area contributed by atoms with Gasteiger partial charge in [0.15, 0.2) is 6.29 Å². The van der Waals surface area contributed by atoms with Gasteiger partial charge in [0.05, 0.1) is 33.0 Å². The first-order valence-corrected chi connectivity index (χ1v) is 4.16. The van der Waals surface area contributed by atoms with Gasteiger partial charge >= 0.3 is 0 Å². The normalized spacial score (nSPS) is 13.2. The first-order chi connectivity index (χ1) is 6.31. The first-order valence-electron chi connectivity index (χ1n) is 4.16. The maximum absolute atomic E-state index is 9.13. The third kappa shape index (κ3) is 9.72. The lowest BCUT2D eigenvalue weighted by Crippen LogP contribution is -2.22. The fraction of sp³-hybridized carbons (Fsp3) is 1.00. The summed E-state index contributed by atoms with van der Waals surface area (Å²) in [5.74, 6) is 0. The van der Waals surface area contributed by atoms with Crippen molar-refractivity contribution in [3.05, 3.63) is 0 Å². The minimum atomic E-state index is -0.882. The summed E-state index contributed by atoms with van der Waals surface area (Å²) < 4.78 is 19.4. The van der Waals surface area contributed by atoms with Crippen LogP contribution in [0, 0.1) is 0 Å². The fourth-order valence-electron chi connectivity index (χ4n) is 0.642. The topological polar surface area (TPSA) is 57.2 Å². The summed E-state index contributed by atoms with van der Waals surface area (Å²) in [6.45, 7) is 1.97. The number of aliphatic hydroxyl groups is 1. The summed E-state index contributed by atoms with van der Waals surface area (Å²) in [4.78, 5) is 0. The minimum Gasteiger partial charge on any atom is -0.382 e. The number of rotatable bonds is 9. The molecule has 1 unspecified atom stereocenters. The van der Waals surface area contributed by atoms with Crippen molar-refractivity contribution >= 4 is 0 Å². The smallest absolute Gasteiger partial charge is 0.178 e. The van der Waals surface area contributed by atoms with E-state index in [9.17, 15) is 0 Å². The van der Waals surface area contributed by atoms with E-state index in [4.69, 9.17) is 24.1 Å². The molecule has 0 radical (unpaired) electrons. The van der Waals surface area contributed by atoms with Gasteiger partial charge in [-0.1, -0.05) is 0 Å².